The quantitative estimate of drug-likeness (QED) is 0.920. The Bertz CT molecular complexity index is 563. The van der Waals surface area contributed by atoms with Gasteiger partial charge in [-0.1, -0.05) is 0 Å². The summed E-state index contributed by atoms with van der Waals surface area (Å²) < 4.78 is 19.5. The highest BCUT2D eigenvalue weighted by atomic mass is 79.9. The van der Waals surface area contributed by atoms with Crippen LogP contribution in [-0.2, 0) is 6.54 Å². The van der Waals surface area contributed by atoms with Crippen molar-refractivity contribution < 1.29 is 8.81 Å². The molecule has 2 aromatic rings. The Hall–Kier alpha value is -1.13. The molecule has 0 unspecified atom stereocenters. The topological polar surface area (TPSA) is 25.2 Å². The van der Waals surface area contributed by atoms with E-state index in [-0.39, 0.29) is 5.82 Å². The summed E-state index contributed by atoms with van der Waals surface area (Å²) in [6.07, 6.45) is 2.52. The van der Waals surface area contributed by atoms with E-state index in [2.05, 4.69) is 21.2 Å². The SMILES string of the molecule is Fc1ccc(-c2ccc(CNC3CC3)o2)c(Br)c1. The highest BCUT2D eigenvalue weighted by molar-refractivity contribution is 9.10. The lowest BCUT2D eigenvalue weighted by Crippen LogP contribution is -2.14. The molecule has 0 aliphatic heterocycles. The standard InChI is InChI=1S/C14H13BrFNO/c15-13-7-9(16)1-5-12(13)14-6-4-11(18-14)8-17-10-2-3-10/h1,4-7,10,17H,2-3,8H2. The van der Waals surface area contributed by atoms with Crippen molar-refractivity contribution in [2.24, 2.45) is 0 Å². The Morgan fingerprint density at radius 2 is 2.11 bits per heavy atom. The molecule has 1 aromatic carbocycles. The zero-order chi connectivity index (χ0) is 12.5. The minimum Gasteiger partial charge on any atom is -0.460 e. The monoisotopic (exact) mass is 309 g/mol. The van der Waals surface area contributed by atoms with E-state index in [1.54, 1.807) is 6.07 Å². The van der Waals surface area contributed by atoms with Crippen LogP contribution in [0.15, 0.2) is 39.2 Å². The fraction of sp³-hybridized carbons (Fsp3) is 0.286. The molecule has 0 bridgehead atoms. The molecule has 1 N–H and O–H groups in total. The zero-order valence-corrected chi connectivity index (χ0v) is 11.3. The van der Waals surface area contributed by atoms with Crippen molar-refractivity contribution >= 4 is 15.9 Å². The van der Waals surface area contributed by atoms with Crippen molar-refractivity contribution in [1.82, 2.24) is 5.32 Å². The van der Waals surface area contributed by atoms with E-state index in [1.165, 1.54) is 25.0 Å². The minimum atomic E-state index is -0.257. The normalized spacial score (nSPS) is 15.0. The van der Waals surface area contributed by atoms with Crippen LogP contribution in [0.4, 0.5) is 4.39 Å². The molecule has 18 heavy (non-hydrogen) atoms. The summed E-state index contributed by atoms with van der Waals surface area (Å²) in [6, 6.07) is 9.14. The molecule has 1 heterocycles. The van der Waals surface area contributed by atoms with Gasteiger partial charge in [0.15, 0.2) is 0 Å². The lowest BCUT2D eigenvalue weighted by Gasteiger charge is -2.02. The number of hydrogen-bond acceptors (Lipinski definition) is 2. The number of nitrogens with one attached hydrogen (secondary N) is 1. The van der Waals surface area contributed by atoms with E-state index in [9.17, 15) is 4.39 Å². The molecule has 0 amide bonds. The smallest absolute Gasteiger partial charge is 0.135 e. The number of hydrogen-bond donors (Lipinski definition) is 1. The summed E-state index contributed by atoms with van der Waals surface area (Å²) in [6.45, 7) is 0.753. The molecule has 0 spiro atoms. The average molecular weight is 310 g/mol. The molecule has 0 radical (unpaired) electrons. The Labute approximate surface area is 113 Å². The zero-order valence-electron chi connectivity index (χ0n) is 9.75. The van der Waals surface area contributed by atoms with Gasteiger partial charge in [-0.2, -0.15) is 0 Å². The first-order chi connectivity index (χ1) is 8.72. The first kappa shape index (κ1) is 11.9. The average Bonchev–Trinajstić information content (AvgIpc) is 3.05. The van der Waals surface area contributed by atoms with Crippen molar-refractivity contribution in [3.05, 3.63) is 46.4 Å². The fourth-order valence-electron chi connectivity index (χ4n) is 1.84. The molecule has 0 saturated heterocycles. The molecular formula is C14H13BrFNO. The van der Waals surface area contributed by atoms with Gasteiger partial charge in [0.25, 0.3) is 0 Å². The maximum Gasteiger partial charge on any atom is 0.135 e. The third-order valence-electron chi connectivity index (χ3n) is 3.00. The van der Waals surface area contributed by atoms with Gasteiger partial charge in [0, 0.05) is 16.1 Å². The Balaban J connectivity index is 1.78. The van der Waals surface area contributed by atoms with Gasteiger partial charge >= 0.3 is 0 Å². The molecule has 1 aromatic heterocycles. The molecule has 1 fully saturated rings. The van der Waals surface area contributed by atoms with E-state index < -0.39 is 0 Å². The summed E-state index contributed by atoms with van der Waals surface area (Å²) >= 11 is 3.35. The third-order valence-corrected chi connectivity index (χ3v) is 3.66. The lowest BCUT2D eigenvalue weighted by molar-refractivity contribution is 0.492. The number of benzene rings is 1. The predicted molar refractivity (Wildman–Crippen MR) is 71.7 cm³/mol. The van der Waals surface area contributed by atoms with Gasteiger partial charge in [-0.3, -0.25) is 0 Å². The summed E-state index contributed by atoms with van der Waals surface area (Å²) in [5, 5.41) is 3.40. The van der Waals surface area contributed by atoms with Gasteiger partial charge in [-0.25, -0.2) is 4.39 Å². The van der Waals surface area contributed by atoms with E-state index in [0.717, 1.165) is 23.6 Å². The lowest BCUT2D eigenvalue weighted by atomic mass is 10.2. The number of rotatable bonds is 4. The van der Waals surface area contributed by atoms with Crippen molar-refractivity contribution in [1.29, 1.82) is 0 Å². The minimum absolute atomic E-state index is 0.257. The van der Waals surface area contributed by atoms with Crippen LogP contribution >= 0.6 is 15.9 Å². The first-order valence-corrected chi connectivity index (χ1v) is 6.79. The molecule has 94 valence electrons. The molecule has 0 atom stereocenters. The molecule has 2 nitrogen and oxygen atoms in total. The van der Waals surface area contributed by atoms with Crippen molar-refractivity contribution in [2.45, 2.75) is 25.4 Å². The van der Waals surface area contributed by atoms with Gasteiger partial charge in [-0.05, 0) is 59.1 Å². The Kier molecular flexibility index (Phi) is 3.22. The predicted octanol–water partition coefficient (Wildman–Crippen LogP) is 4.10. The molecule has 4 heteroatoms. The maximum atomic E-state index is 13.0. The number of halogens is 2. The van der Waals surface area contributed by atoms with Crippen LogP contribution in [0.2, 0.25) is 0 Å². The van der Waals surface area contributed by atoms with Crippen LogP contribution in [0.1, 0.15) is 18.6 Å². The van der Waals surface area contributed by atoms with E-state index in [1.807, 2.05) is 12.1 Å². The second kappa shape index (κ2) is 4.86. The van der Waals surface area contributed by atoms with Crippen LogP contribution in [0.3, 0.4) is 0 Å². The maximum absolute atomic E-state index is 13.0. The van der Waals surface area contributed by atoms with Crippen molar-refractivity contribution in [3.8, 4) is 11.3 Å². The van der Waals surface area contributed by atoms with Crippen molar-refractivity contribution in [2.75, 3.05) is 0 Å². The highest BCUT2D eigenvalue weighted by Crippen LogP contribution is 2.30. The summed E-state index contributed by atoms with van der Waals surface area (Å²) in [4.78, 5) is 0. The fourth-order valence-corrected chi connectivity index (χ4v) is 2.39. The van der Waals surface area contributed by atoms with Gasteiger partial charge < -0.3 is 9.73 Å². The summed E-state index contributed by atoms with van der Waals surface area (Å²) in [7, 11) is 0. The molecule has 1 saturated carbocycles. The summed E-state index contributed by atoms with van der Waals surface area (Å²) in [5.41, 5.74) is 0.870. The number of furan rings is 1. The van der Waals surface area contributed by atoms with Crippen LogP contribution < -0.4 is 5.32 Å². The van der Waals surface area contributed by atoms with Crippen LogP contribution in [-0.4, -0.2) is 6.04 Å². The summed E-state index contributed by atoms with van der Waals surface area (Å²) in [5.74, 6) is 1.41. The van der Waals surface area contributed by atoms with E-state index in [0.29, 0.717) is 10.5 Å². The Morgan fingerprint density at radius 1 is 1.28 bits per heavy atom. The van der Waals surface area contributed by atoms with E-state index in [4.69, 9.17) is 4.42 Å². The van der Waals surface area contributed by atoms with Crippen molar-refractivity contribution in [3.63, 3.8) is 0 Å². The highest BCUT2D eigenvalue weighted by Gasteiger charge is 2.20. The van der Waals surface area contributed by atoms with E-state index >= 15 is 0 Å². The van der Waals surface area contributed by atoms with Gasteiger partial charge in [-0.15, -0.1) is 0 Å². The largest absolute Gasteiger partial charge is 0.460 e. The molecule has 3 rings (SSSR count). The molecule has 1 aliphatic rings. The Morgan fingerprint density at radius 3 is 2.83 bits per heavy atom. The third kappa shape index (κ3) is 2.65. The van der Waals surface area contributed by atoms with Gasteiger partial charge in [0.05, 0.1) is 6.54 Å². The second-order valence-electron chi connectivity index (χ2n) is 4.55. The molecule has 1 aliphatic carbocycles. The second-order valence-corrected chi connectivity index (χ2v) is 5.40. The molecular weight excluding hydrogens is 297 g/mol. The van der Waals surface area contributed by atoms with Crippen LogP contribution in [0, 0.1) is 5.82 Å². The van der Waals surface area contributed by atoms with Crippen LogP contribution in [0.25, 0.3) is 11.3 Å². The van der Waals surface area contributed by atoms with Gasteiger partial charge in [0.2, 0.25) is 0 Å². The first-order valence-electron chi connectivity index (χ1n) is 6.00. The van der Waals surface area contributed by atoms with Gasteiger partial charge in [0.1, 0.15) is 17.3 Å². The van der Waals surface area contributed by atoms with Crippen LogP contribution in [0.5, 0.6) is 0 Å².